The Balaban J connectivity index is 1.68. The lowest BCUT2D eigenvalue weighted by Crippen LogP contribution is -2.43. The summed E-state index contributed by atoms with van der Waals surface area (Å²) in [6.07, 6.45) is 4.75. The molecule has 0 aliphatic carbocycles. The molecule has 29 heavy (non-hydrogen) atoms. The van der Waals surface area contributed by atoms with Gasteiger partial charge in [0.25, 0.3) is 5.91 Å². The van der Waals surface area contributed by atoms with Crippen LogP contribution in [-0.4, -0.2) is 38.5 Å². The fourth-order valence-corrected chi connectivity index (χ4v) is 4.51. The second-order valence-electron chi connectivity index (χ2n) is 8.98. The zero-order valence-electron chi connectivity index (χ0n) is 18.0. The SMILES string of the molecule is Cc1c(C(=O)N2CC(C)CC(C)C2)cnc2c(-c3ccc(C(C)C)cc3)cnn12. The topological polar surface area (TPSA) is 50.5 Å². The predicted octanol–water partition coefficient (Wildman–Crippen LogP) is 4.95. The molecule has 2 unspecified atom stereocenters. The molecule has 4 rings (SSSR count). The highest BCUT2D eigenvalue weighted by Crippen LogP contribution is 2.28. The van der Waals surface area contributed by atoms with E-state index in [0.29, 0.717) is 23.3 Å². The van der Waals surface area contributed by atoms with E-state index < -0.39 is 0 Å². The molecule has 5 nitrogen and oxygen atoms in total. The third kappa shape index (κ3) is 3.66. The van der Waals surface area contributed by atoms with E-state index in [9.17, 15) is 4.79 Å². The van der Waals surface area contributed by atoms with Crippen LogP contribution in [0.3, 0.4) is 0 Å². The van der Waals surface area contributed by atoms with Gasteiger partial charge in [-0.05, 0) is 42.2 Å². The van der Waals surface area contributed by atoms with Crippen molar-refractivity contribution in [1.29, 1.82) is 0 Å². The number of amides is 1. The summed E-state index contributed by atoms with van der Waals surface area (Å²) in [4.78, 5) is 19.8. The highest BCUT2D eigenvalue weighted by atomic mass is 16.2. The van der Waals surface area contributed by atoms with Gasteiger partial charge in [0.2, 0.25) is 0 Å². The summed E-state index contributed by atoms with van der Waals surface area (Å²) in [6.45, 7) is 12.4. The van der Waals surface area contributed by atoms with Crippen molar-refractivity contribution in [3.05, 3.63) is 53.5 Å². The molecule has 2 aromatic heterocycles. The third-order valence-electron chi connectivity index (χ3n) is 6.04. The minimum atomic E-state index is 0.0636. The van der Waals surface area contributed by atoms with Crippen molar-refractivity contribution in [2.75, 3.05) is 13.1 Å². The fourth-order valence-electron chi connectivity index (χ4n) is 4.51. The summed E-state index contributed by atoms with van der Waals surface area (Å²) in [5, 5.41) is 4.55. The summed E-state index contributed by atoms with van der Waals surface area (Å²) < 4.78 is 1.80. The first-order valence-electron chi connectivity index (χ1n) is 10.6. The Hall–Kier alpha value is -2.69. The van der Waals surface area contributed by atoms with Crippen molar-refractivity contribution in [1.82, 2.24) is 19.5 Å². The molecule has 3 aromatic rings. The first-order chi connectivity index (χ1) is 13.8. The molecule has 1 fully saturated rings. The molecule has 2 atom stereocenters. The highest BCUT2D eigenvalue weighted by molar-refractivity contribution is 5.95. The average Bonchev–Trinajstić information content (AvgIpc) is 3.12. The number of carbonyl (C=O) groups excluding carboxylic acids is 1. The molecule has 1 saturated heterocycles. The van der Waals surface area contributed by atoms with E-state index in [1.165, 1.54) is 12.0 Å². The highest BCUT2D eigenvalue weighted by Gasteiger charge is 2.28. The van der Waals surface area contributed by atoms with Crippen LogP contribution in [0.4, 0.5) is 0 Å². The van der Waals surface area contributed by atoms with Crippen LogP contribution in [0.5, 0.6) is 0 Å². The van der Waals surface area contributed by atoms with E-state index in [-0.39, 0.29) is 5.91 Å². The van der Waals surface area contributed by atoms with Gasteiger partial charge < -0.3 is 4.90 Å². The Labute approximate surface area is 172 Å². The third-order valence-corrected chi connectivity index (χ3v) is 6.04. The van der Waals surface area contributed by atoms with Gasteiger partial charge in [-0.15, -0.1) is 0 Å². The largest absolute Gasteiger partial charge is 0.338 e. The number of likely N-dealkylation sites (tertiary alicyclic amines) is 1. The van der Waals surface area contributed by atoms with Crippen LogP contribution >= 0.6 is 0 Å². The minimum Gasteiger partial charge on any atom is -0.338 e. The maximum atomic E-state index is 13.2. The number of rotatable bonds is 3. The van der Waals surface area contributed by atoms with Gasteiger partial charge in [-0.1, -0.05) is 52.0 Å². The van der Waals surface area contributed by atoms with Gasteiger partial charge in [0, 0.05) is 24.8 Å². The van der Waals surface area contributed by atoms with E-state index in [1.807, 2.05) is 18.0 Å². The molecule has 0 saturated carbocycles. The van der Waals surface area contributed by atoms with Crippen LogP contribution in [0.25, 0.3) is 16.8 Å². The smallest absolute Gasteiger partial charge is 0.257 e. The lowest BCUT2D eigenvalue weighted by Gasteiger charge is -2.35. The molecule has 0 N–H and O–H groups in total. The van der Waals surface area contributed by atoms with Crippen molar-refractivity contribution >= 4 is 11.6 Å². The Morgan fingerprint density at radius 2 is 1.72 bits per heavy atom. The summed E-state index contributed by atoms with van der Waals surface area (Å²) >= 11 is 0. The van der Waals surface area contributed by atoms with Crippen LogP contribution in [-0.2, 0) is 0 Å². The van der Waals surface area contributed by atoms with Crippen LogP contribution in [0.1, 0.15) is 61.6 Å². The maximum Gasteiger partial charge on any atom is 0.257 e. The number of aromatic nitrogens is 3. The number of aryl methyl sites for hydroxylation is 1. The summed E-state index contributed by atoms with van der Waals surface area (Å²) in [5.41, 5.74) is 5.67. The van der Waals surface area contributed by atoms with Crippen molar-refractivity contribution in [2.45, 2.75) is 47.0 Å². The molecule has 3 heterocycles. The normalized spacial score (nSPS) is 19.9. The quantitative estimate of drug-likeness (QED) is 0.636. The number of hydrogen-bond acceptors (Lipinski definition) is 3. The lowest BCUT2D eigenvalue weighted by atomic mass is 9.91. The molecule has 0 radical (unpaired) electrons. The predicted molar refractivity (Wildman–Crippen MR) is 116 cm³/mol. The first kappa shape index (κ1) is 19.6. The fraction of sp³-hybridized carbons (Fsp3) is 0.458. The number of fused-ring (bicyclic) bond motifs is 1. The van der Waals surface area contributed by atoms with E-state index in [4.69, 9.17) is 0 Å². The van der Waals surface area contributed by atoms with E-state index in [2.05, 4.69) is 62.0 Å². The summed E-state index contributed by atoms with van der Waals surface area (Å²) in [7, 11) is 0. The van der Waals surface area contributed by atoms with E-state index in [1.54, 1.807) is 10.7 Å². The summed E-state index contributed by atoms with van der Waals surface area (Å²) in [5.74, 6) is 1.63. The van der Waals surface area contributed by atoms with Gasteiger partial charge >= 0.3 is 0 Å². The number of nitrogens with zero attached hydrogens (tertiary/aromatic N) is 4. The standard InChI is InChI=1S/C24H30N4O/c1-15(2)19-6-8-20(9-7-19)22-12-26-28-18(5)21(11-25-23(22)28)24(29)27-13-16(3)10-17(4)14-27/h6-9,11-12,15-17H,10,13-14H2,1-5H3. The van der Waals surface area contributed by atoms with Gasteiger partial charge in [-0.25, -0.2) is 9.50 Å². The zero-order chi connectivity index (χ0) is 20.7. The van der Waals surface area contributed by atoms with Gasteiger partial charge in [0.15, 0.2) is 5.65 Å². The first-order valence-corrected chi connectivity index (χ1v) is 10.6. The number of benzene rings is 1. The Morgan fingerprint density at radius 3 is 2.34 bits per heavy atom. The molecular formula is C24H30N4O. The number of hydrogen-bond donors (Lipinski definition) is 0. The van der Waals surface area contributed by atoms with E-state index >= 15 is 0 Å². The summed E-state index contributed by atoms with van der Waals surface area (Å²) in [6, 6.07) is 8.57. The van der Waals surface area contributed by atoms with Gasteiger partial charge in [-0.2, -0.15) is 5.10 Å². The Bertz CT molecular complexity index is 1020. The maximum absolute atomic E-state index is 13.2. The van der Waals surface area contributed by atoms with Crippen molar-refractivity contribution < 1.29 is 4.79 Å². The molecule has 1 aliphatic rings. The van der Waals surface area contributed by atoms with Crippen LogP contribution in [0, 0.1) is 18.8 Å². The number of carbonyl (C=O) groups is 1. The molecule has 1 aliphatic heterocycles. The number of piperidine rings is 1. The van der Waals surface area contributed by atoms with Gasteiger partial charge in [0.05, 0.1) is 17.5 Å². The van der Waals surface area contributed by atoms with Gasteiger partial charge in [0.1, 0.15) is 0 Å². The molecule has 5 heteroatoms. The van der Waals surface area contributed by atoms with Crippen molar-refractivity contribution in [3.8, 4) is 11.1 Å². The molecular weight excluding hydrogens is 360 g/mol. The second kappa shape index (κ2) is 7.62. The van der Waals surface area contributed by atoms with Crippen LogP contribution in [0.15, 0.2) is 36.7 Å². The van der Waals surface area contributed by atoms with Crippen molar-refractivity contribution in [2.24, 2.45) is 11.8 Å². The van der Waals surface area contributed by atoms with E-state index in [0.717, 1.165) is 35.6 Å². The zero-order valence-corrected chi connectivity index (χ0v) is 18.0. The second-order valence-corrected chi connectivity index (χ2v) is 8.98. The molecule has 0 spiro atoms. The molecule has 152 valence electrons. The molecule has 1 aromatic carbocycles. The lowest BCUT2D eigenvalue weighted by molar-refractivity contribution is 0.0621. The van der Waals surface area contributed by atoms with Gasteiger partial charge in [-0.3, -0.25) is 4.79 Å². The monoisotopic (exact) mass is 390 g/mol. The minimum absolute atomic E-state index is 0.0636. The Kier molecular flexibility index (Phi) is 5.15. The average molecular weight is 391 g/mol. The molecule has 0 bridgehead atoms. The van der Waals surface area contributed by atoms with Crippen LogP contribution < -0.4 is 0 Å². The van der Waals surface area contributed by atoms with Crippen LogP contribution in [0.2, 0.25) is 0 Å². The molecule has 1 amide bonds. The Morgan fingerprint density at radius 1 is 1.07 bits per heavy atom. The van der Waals surface area contributed by atoms with Crippen molar-refractivity contribution in [3.63, 3.8) is 0 Å².